The van der Waals surface area contributed by atoms with Crippen LogP contribution in [0.3, 0.4) is 0 Å². The van der Waals surface area contributed by atoms with E-state index in [2.05, 4.69) is 9.47 Å². The molecule has 0 radical (unpaired) electrons. The van der Waals surface area contributed by atoms with E-state index in [0.29, 0.717) is 0 Å². The number of ether oxygens (including phenoxy) is 2. The molecular weight excluding hydrogens is 200 g/mol. The summed E-state index contributed by atoms with van der Waals surface area (Å²) in [6, 6.07) is 8.99. The molecule has 0 aliphatic rings. The van der Waals surface area contributed by atoms with Crippen LogP contribution in [0.15, 0.2) is 30.3 Å². The largest absolute Gasteiger partial charge is 0.517 e. The third kappa shape index (κ3) is 4.10. The van der Waals surface area contributed by atoms with Crippen molar-refractivity contribution in [1.82, 2.24) is 5.43 Å². The second-order valence-corrected chi connectivity index (χ2v) is 2.56. The van der Waals surface area contributed by atoms with Crippen LogP contribution in [0.25, 0.3) is 0 Å². The number of hydrogen-bond donors (Lipinski definition) is 2. The Morgan fingerprint density at radius 1 is 1.27 bits per heavy atom. The van der Waals surface area contributed by atoms with Gasteiger partial charge in [0.1, 0.15) is 6.61 Å². The van der Waals surface area contributed by atoms with Gasteiger partial charge in [0, 0.05) is 0 Å². The van der Waals surface area contributed by atoms with Crippen molar-refractivity contribution >= 4 is 12.2 Å². The molecule has 6 heteroatoms. The third-order valence-electron chi connectivity index (χ3n) is 1.49. The first kappa shape index (κ1) is 11.0. The first-order chi connectivity index (χ1) is 7.22. The van der Waals surface area contributed by atoms with E-state index in [1.807, 2.05) is 6.07 Å². The molecule has 0 atom stereocenters. The first-order valence-electron chi connectivity index (χ1n) is 4.11. The summed E-state index contributed by atoms with van der Waals surface area (Å²) in [5, 5.41) is 0. The Balaban J connectivity index is 2.32. The Hall–Kier alpha value is -2.08. The molecule has 0 saturated carbocycles. The molecule has 1 amide bonds. The van der Waals surface area contributed by atoms with Crippen molar-refractivity contribution in [1.29, 1.82) is 0 Å². The molecule has 0 saturated heterocycles. The van der Waals surface area contributed by atoms with Crippen LogP contribution in [0.1, 0.15) is 5.56 Å². The number of hydrogen-bond acceptors (Lipinski definition) is 5. The SMILES string of the molecule is NNC(=O)OC(=O)OCc1ccccc1. The van der Waals surface area contributed by atoms with Crippen LogP contribution in [0, 0.1) is 0 Å². The van der Waals surface area contributed by atoms with E-state index in [9.17, 15) is 9.59 Å². The van der Waals surface area contributed by atoms with E-state index in [-0.39, 0.29) is 6.61 Å². The van der Waals surface area contributed by atoms with Crippen LogP contribution in [-0.2, 0) is 16.1 Å². The van der Waals surface area contributed by atoms with Gasteiger partial charge in [-0.05, 0) is 5.56 Å². The Kier molecular flexibility index (Phi) is 4.11. The van der Waals surface area contributed by atoms with Gasteiger partial charge in [0.15, 0.2) is 0 Å². The van der Waals surface area contributed by atoms with Crippen LogP contribution in [0.4, 0.5) is 9.59 Å². The molecule has 1 rings (SSSR count). The van der Waals surface area contributed by atoms with Gasteiger partial charge in [0.05, 0.1) is 0 Å². The highest BCUT2D eigenvalue weighted by Gasteiger charge is 2.09. The van der Waals surface area contributed by atoms with Crippen LogP contribution in [0.5, 0.6) is 0 Å². The van der Waals surface area contributed by atoms with Gasteiger partial charge in [-0.3, -0.25) is 5.43 Å². The number of carbonyl (C=O) groups is 2. The fraction of sp³-hybridized carbons (Fsp3) is 0.111. The maximum Gasteiger partial charge on any atom is 0.517 e. The average molecular weight is 210 g/mol. The number of benzene rings is 1. The quantitative estimate of drug-likeness (QED) is 0.249. The molecule has 6 nitrogen and oxygen atoms in total. The van der Waals surface area contributed by atoms with E-state index in [1.54, 1.807) is 29.7 Å². The molecule has 3 N–H and O–H groups in total. The second-order valence-electron chi connectivity index (χ2n) is 2.56. The van der Waals surface area contributed by atoms with Crippen molar-refractivity contribution in [3.63, 3.8) is 0 Å². The molecule has 80 valence electrons. The number of rotatable bonds is 2. The predicted molar refractivity (Wildman–Crippen MR) is 50.4 cm³/mol. The van der Waals surface area contributed by atoms with Crippen molar-refractivity contribution < 1.29 is 19.1 Å². The van der Waals surface area contributed by atoms with Crippen molar-refractivity contribution in [2.45, 2.75) is 6.61 Å². The lowest BCUT2D eigenvalue weighted by molar-refractivity contribution is 0.0698. The lowest BCUT2D eigenvalue weighted by Gasteiger charge is -2.03. The summed E-state index contributed by atoms with van der Waals surface area (Å²) in [5.74, 6) is 4.70. The highest BCUT2D eigenvalue weighted by molar-refractivity contribution is 5.80. The van der Waals surface area contributed by atoms with Gasteiger partial charge in [-0.25, -0.2) is 15.4 Å². The minimum Gasteiger partial charge on any atom is -0.429 e. The topological polar surface area (TPSA) is 90.6 Å². The van der Waals surface area contributed by atoms with Gasteiger partial charge < -0.3 is 9.47 Å². The standard InChI is InChI=1S/C9H10N2O4/c10-11-8(12)15-9(13)14-6-7-4-2-1-3-5-7/h1-5H,6,10H2,(H,11,12). The Bertz CT molecular complexity index is 339. The number of nitrogens with one attached hydrogen (secondary N) is 1. The van der Waals surface area contributed by atoms with Crippen LogP contribution < -0.4 is 11.3 Å². The number of amides is 1. The molecule has 1 aromatic carbocycles. The highest BCUT2D eigenvalue weighted by Crippen LogP contribution is 2.01. The monoisotopic (exact) mass is 210 g/mol. The van der Waals surface area contributed by atoms with Crippen LogP contribution >= 0.6 is 0 Å². The molecule has 0 unspecified atom stereocenters. The van der Waals surface area contributed by atoms with Crippen molar-refractivity contribution in [2.75, 3.05) is 0 Å². The van der Waals surface area contributed by atoms with Gasteiger partial charge in [-0.1, -0.05) is 30.3 Å². The molecule has 0 heterocycles. The molecule has 0 bridgehead atoms. The Labute approximate surface area is 85.9 Å². The zero-order valence-electron chi connectivity index (χ0n) is 7.80. The fourth-order valence-electron chi connectivity index (χ4n) is 0.851. The van der Waals surface area contributed by atoms with Gasteiger partial charge in [-0.2, -0.15) is 0 Å². The first-order valence-corrected chi connectivity index (χ1v) is 4.11. The summed E-state index contributed by atoms with van der Waals surface area (Å²) < 4.78 is 8.71. The Morgan fingerprint density at radius 2 is 1.93 bits per heavy atom. The van der Waals surface area contributed by atoms with Crippen LogP contribution in [0.2, 0.25) is 0 Å². The van der Waals surface area contributed by atoms with Gasteiger partial charge in [0.2, 0.25) is 0 Å². The minimum absolute atomic E-state index is 0.0392. The third-order valence-corrected chi connectivity index (χ3v) is 1.49. The minimum atomic E-state index is -1.10. The van der Waals surface area contributed by atoms with Gasteiger partial charge >= 0.3 is 12.2 Å². The normalized spacial score (nSPS) is 9.13. The highest BCUT2D eigenvalue weighted by atomic mass is 16.7. The molecule has 15 heavy (non-hydrogen) atoms. The van der Waals surface area contributed by atoms with E-state index >= 15 is 0 Å². The fourth-order valence-corrected chi connectivity index (χ4v) is 0.851. The summed E-state index contributed by atoms with van der Waals surface area (Å²) >= 11 is 0. The van der Waals surface area contributed by atoms with E-state index < -0.39 is 12.2 Å². The molecule has 0 aliphatic heterocycles. The average Bonchev–Trinajstić information content (AvgIpc) is 2.27. The summed E-state index contributed by atoms with van der Waals surface area (Å²) in [6.07, 6.45) is -2.16. The summed E-state index contributed by atoms with van der Waals surface area (Å²) in [5.41, 5.74) is 2.43. The summed E-state index contributed by atoms with van der Waals surface area (Å²) in [6.45, 7) is 0.0392. The van der Waals surface area contributed by atoms with E-state index in [0.717, 1.165) is 5.56 Å². The number of carbonyl (C=O) groups excluding carboxylic acids is 2. The van der Waals surface area contributed by atoms with Gasteiger partial charge in [0.25, 0.3) is 0 Å². The molecule has 1 aromatic rings. The zero-order chi connectivity index (χ0) is 11.1. The second kappa shape index (κ2) is 5.61. The predicted octanol–water partition coefficient (Wildman–Crippen LogP) is 0.923. The van der Waals surface area contributed by atoms with Gasteiger partial charge in [-0.15, -0.1) is 0 Å². The molecule has 0 spiro atoms. The lowest BCUT2D eigenvalue weighted by Crippen LogP contribution is -2.32. The smallest absolute Gasteiger partial charge is 0.429 e. The van der Waals surface area contributed by atoms with Crippen molar-refractivity contribution in [2.24, 2.45) is 5.84 Å². The van der Waals surface area contributed by atoms with E-state index in [1.165, 1.54) is 0 Å². The maximum atomic E-state index is 10.8. The zero-order valence-corrected chi connectivity index (χ0v) is 7.80. The molecule has 0 fully saturated rings. The molecular formula is C9H10N2O4. The number of hydrazine groups is 1. The lowest BCUT2D eigenvalue weighted by atomic mass is 10.2. The Morgan fingerprint density at radius 3 is 2.53 bits per heavy atom. The molecule has 0 aromatic heterocycles. The summed E-state index contributed by atoms with van der Waals surface area (Å²) in [7, 11) is 0. The van der Waals surface area contributed by atoms with Crippen LogP contribution in [-0.4, -0.2) is 12.2 Å². The maximum absolute atomic E-state index is 10.8. The van der Waals surface area contributed by atoms with E-state index in [4.69, 9.17) is 5.84 Å². The molecule has 0 aliphatic carbocycles. The number of nitrogens with two attached hydrogens (primary N) is 1. The summed E-state index contributed by atoms with van der Waals surface area (Å²) in [4.78, 5) is 21.3. The van der Waals surface area contributed by atoms with Crippen molar-refractivity contribution in [3.8, 4) is 0 Å². The van der Waals surface area contributed by atoms with Crippen molar-refractivity contribution in [3.05, 3.63) is 35.9 Å².